The van der Waals surface area contributed by atoms with E-state index in [4.69, 9.17) is 0 Å². The van der Waals surface area contributed by atoms with Gasteiger partial charge in [-0.05, 0) is 30.4 Å². The Morgan fingerprint density at radius 2 is 2.00 bits per heavy atom. The first kappa shape index (κ1) is 15.4. The highest BCUT2D eigenvalue weighted by Gasteiger charge is 2.36. The van der Waals surface area contributed by atoms with Crippen molar-refractivity contribution in [3.63, 3.8) is 0 Å². The lowest BCUT2D eigenvalue weighted by molar-refractivity contribution is 0.0697. The highest BCUT2D eigenvalue weighted by Crippen LogP contribution is 2.37. The maximum absolute atomic E-state index is 12.4. The molecule has 2 rings (SSSR count). The molecule has 0 heterocycles. The number of urea groups is 1. The first-order chi connectivity index (χ1) is 9.83. The second-order valence-corrected chi connectivity index (χ2v) is 6.26. The molecule has 1 unspecified atom stereocenters. The van der Waals surface area contributed by atoms with Crippen molar-refractivity contribution in [2.75, 3.05) is 11.9 Å². The third-order valence-electron chi connectivity index (χ3n) is 4.36. The predicted molar refractivity (Wildman–Crippen MR) is 81.8 cm³/mol. The molecule has 0 bridgehead atoms. The number of carboxylic acids is 1. The lowest BCUT2D eigenvalue weighted by atomic mass is 9.87. The summed E-state index contributed by atoms with van der Waals surface area (Å²) in [4.78, 5) is 25.0. The number of nitrogens with zero attached hydrogens (tertiary/aromatic N) is 1. The lowest BCUT2D eigenvalue weighted by Gasteiger charge is -2.30. The van der Waals surface area contributed by atoms with Crippen molar-refractivity contribution in [3.8, 4) is 0 Å². The topological polar surface area (TPSA) is 69.6 Å². The molecule has 1 aliphatic carbocycles. The van der Waals surface area contributed by atoms with E-state index in [0.717, 1.165) is 19.3 Å². The lowest BCUT2D eigenvalue weighted by Crippen LogP contribution is -2.47. The van der Waals surface area contributed by atoms with Crippen LogP contribution in [0.5, 0.6) is 0 Å². The van der Waals surface area contributed by atoms with Crippen LogP contribution in [0.25, 0.3) is 0 Å². The normalized spacial score (nSPS) is 20.0. The Hall–Kier alpha value is -2.04. The van der Waals surface area contributed by atoms with Crippen molar-refractivity contribution in [1.29, 1.82) is 0 Å². The minimum Gasteiger partial charge on any atom is -0.478 e. The van der Waals surface area contributed by atoms with Gasteiger partial charge in [0.1, 0.15) is 0 Å². The van der Waals surface area contributed by atoms with Crippen molar-refractivity contribution < 1.29 is 14.7 Å². The molecule has 0 radical (unpaired) electrons. The van der Waals surface area contributed by atoms with Gasteiger partial charge in [-0.2, -0.15) is 0 Å². The second-order valence-electron chi connectivity index (χ2n) is 6.26. The number of para-hydroxylation sites is 1. The zero-order chi connectivity index (χ0) is 15.6. The van der Waals surface area contributed by atoms with Crippen molar-refractivity contribution in [3.05, 3.63) is 29.8 Å². The van der Waals surface area contributed by atoms with Gasteiger partial charge in [0.05, 0.1) is 11.3 Å². The molecule has 2 N–H and O–H groups in total. The largest absolute Gasteiger partial charge is 0.478 e. The first-order valence-electron chi connectivity index (χ1n) is 7.19. The van der Waals surface area contributed by atoms with Gasteiger partial charge in [0.15, 0.2) is 0 Å². The fourth-order valence-electron chi connectivity index (χ4n) is 2.90. The number of benzene rings is 1. The van der Waals surface area contributed by atoms with E-state index in [0.29, 0.717) is 5.69 Å². The molecule has 1 atom stereocenters. The van der Waals surface area contributed by atoms with Crippen LogP contribution in [0.2, 0.25) is 0 Å². The molecular weight excluding hydrogens is 268 g/mol. The number of amides is 2. The molecule has 1 aliphatic rings. The monoisotopic (exact) mass is 290 g/mol. The molecule has 1 saturated carbocycles. The zero-order valence-electron chi connectivity index (χ0n) is 12.7. The Balaban J connectivity index is 2.15. The molecule has 0 saturated heterocycles. The predicted octanol–water partition coefficient (Wildman–Crippen LogP) is 3.11. The van der Waals surface area contributed by atoms with E-state index in [1.54, 1.807) is 25.2 Å². The number of carboxylic acid groups (broad SMARTS) is 1. The molecule has 5 nitrogen and oxygen atoms in total. The van der Waals surface area contributed by atoms with Gasteiger partial charge in [-0.3, -0.25) is 4.90 Å². The maximum Gasteiger partial charge on any atom is 0.337 e. The smallest absolute Gasteiger partial charge is 0.337 e. The van der Waals surface area contributed by atoms with Crippen LogP contribution < -0.4 is 10.2 Å². The van der Waals surface area contributed by atoms with E-state index in [2.05, 4.69) is 19.2 Å². The minimum absolute atomic E-state index is 0.0861. The SMILES string of the molecule is CN(C(=O)NC1CCCC1(C)C)c1ccccc1C(=O)O. The molecule has 21 heavy (non-hydrogen) atoms. The Morgan fingerprint density at radius 1 is 1.33 bits per heavy atom. The summed E-state index contributed by atoms with van der Waals surface area (Å²) in [7, 11) is 1.60. The number of aromatic carboxylic acids is 1. The van der Waals surface area contributed by atoms with Gasteiger partial charge in [0.2, 0.25) is 0 Å². The number of hydrogen-bond acceptors (Lipinski definition) is 2. The highest BCUT2D eigenvalue weighted by molar-refractivity contribution is 6.01. The average molecular weight is 290 g/mol. The van der Waals surface area contributed by atoms with E-state index < -0.39 is 5.97 Å². The van der Waals surface area contributed by atoms with Crippen LogP contribution in [0, 0.1) is 5.41 Å². The molecule has 1 fully saturated rings. The van der Waals surface area contributed by atoms with Gasteiger partial charge in [-0.25, -0.2) is 9.59 Å². The summed E-state index contributed by atoms with van der Waals surface area (Å²) < 4.78 is 0. The van der Waals surface area contributed by atoms with Gasteiger partial charge >= 0.3 is 12.0 Å². The third-order valence-corrected chi connectivity index (χ3v) is 4.36. The van der Waals surface area contributed by atoms with Gasteiger partial charge in [-0.15, -0.1) is 0 Å². The summed E-state index contributed by atoms with van der Waals surface area (Å²) in [5, 5.41) is 12.2. The third kappa shape index (κ3) is 3.17. The van der Waals surface area contributed by atoms with E-state index in [9.17, 15) is 14.7 Å². The van der Waals surface area contributed by atoms with Crippen LogP contribution >= 0.6 is 0 Å². The van der Waals surface area contributed by atoms with Crippen molar-refractivity contribution in [2.24, 2.45) is 5.41 Å². The van der Waals surface area contributed by atoms with Gasteiger partial charge < -0.3 is 10.4 Å². The molecule has 0 aromatic heterocycles. The average Bonchev–Trinajstić information content (AvgIpc) is 2.77. The standard InChI is InChI=1S/C16H22N2O3/c1-16(2)10-6-9-13(16)17-15(21)18(3)12-8-5-4-7-11(12)14(19)20/h4-5,7-8,13H,6,9-10H2,1-3H3,(H,17,21)(H,19,20). The fraction of sp³-hybridized carbons (Fsp3) is 0.500. The van der Waals surface area contributed by atoms with Crippen molar-refractivity contribution >= 4 is 17.7 Å². The number of carbonyl (C=O) groups is 2. The van der Waals surface area contributed by atoms with E-state index >= 15 is 0 Å². The molecule has 1 aromatic rings. The van der Waals surface area contributed by atoms with E-state index in [1.165, 1.54) is 11.0 Å². The summed E-state index contributed by atoms with van der Waals surface area (Å²) in [6.45, 7) is 4.30. The molecule has 0 spiro atoms. The summed E-state index contributed by atoms with van der Waals surface area (Å²) in [6.07, 6.45) is 3.16. The molecule has 114 valence electrons. The molecule has 1 aromatic carbocycles. The van der Waals surface area contributed by atoms with Gasteiger partial charge in [0, 0.05) is 13.1 Å². The minimum atomic E-state index is -1.04. The molecule has 0 aliphatic heterocycles. The maximum atomic E-state index is 12.4. The van der Waals surface area contributed by atoms with E-state index in [-0.39, 0.29) is 23.1 Å². The summed E-state index contributed by atoms with van der Waals surface area (Å²) in [5.74, 6) is -1.04. The zero-order valence-corrected chi connectivity index (χ0v) is 12.7. The van der Waals surface area contributed by atoms with Gasteiger partial charge in [-0.1, -0.05) is 32.4 Å². The second kappa shape index (κ2) is 5.76. The van der Waals surface area contributed by atoms with Crippen LogP contribution in [0.4, 0.5) is 10.5 Å². The number of hydrogen-bond donors (Lipinski definition) is 2. The first-order valence-corrected chi connectivity index (χ1v) is 7.19. The quantitative estimate of drug-likeness (QED) is 0.898. The van der Waals surface area contributed by atoms with E-state index in [1.807, 2.05) is 0 Å². The Bertz CT molecular complexity index is 554. The van der Waals surface area contributed by atoms with Crippen molar-refractivity contribution in [1.82, 2.24) is 5.32 Å². The summed E-state index contributed by atoms with van der Waals surface area (Å²) >= 11 is 0. The van der Waals surface area contributed by atoms with Crippen LogP contribution in [0.3, 0.4) is 0 Å². The van der Waals surface area contributed by atoms with Crippen molar-refractivity contribution in [2.45, 2.75) is 39.2 Å². The number of anilines is 1. The Morgan fingerprint density at radius 3 is 2.57 bits per heavy atom. The van der Waals surface area contributed by atoms with Gasteiger partial charge in [0.25, 0.3) is 0 Å². The van der Waals surface area contributed by atoms with Crippen LogP contribution in [-0.4, -0.2) is 30.2 Å². The molecule has 5 heteroatoms. The number of nitrogens with one attached hydrogen (secondary N) is 1. The van der Waals surface area contributed by atoms with Crippen LogP contribution in [0.15, 0.2) is 24.3 Å². The number of rotatable bonds is 3. The Kier molecular flexibility index (Phi) is 4.21. The molecular formula is C16H22N2O3. The Labute approximate surface area is 125 Å². The van der Waals surface area contributed by atoms with Crippen LogP contribution in [-0.2, 0) is 0 Å². The summed E-state index contributed by atoms with van der Waals surface area (Å²) in [6, 6.07) is 6.39. The number of carbonyl (C=O) groups excluding carboxylic acids is 1. The van der Waals surface area contributed by atoms with Crippen LogP contribution in [0.1, 0.15) is 43.5 Å². The fourth-order valence-corrected chi connectivity index (χ4v) is 2.90. The molecule has 2 amide bonds. The summed E-state index contributed by atoms with van der Waals surface area (Å²) in [5.41, 5.74) is 0.613. The highest BCUT2D eigenvalue weighted by atomic mass is 16.4.